The number of aryl methyl sites for hydroxylation is 2. The number of piperidine rings is 3. The number of hydrogen-bond donors (Lipinski definition) is 1. The summed E-state index contributed by atoms with van der Waals surface area (Å²) in [5, 5.41) is 14.5. The number of aromatic nitrogens is 2. The Bertz CT molecular complexity index is 929. The minimum Gasteiger partial charge on any atom is -0.508 e. The number of fused-ring (bicyclic) bond motifs is 2. The summed E-state index contributed by atoms with van der Waals surface area (Å²) >= 11 is 0. The number of amides is 1. The second-order valence-corrected chi connectivity index (χ2v) is 8.68. The van der Waals surface area contributed by atoms with Gasteiger partial charge < -0.3 is 10.0 Å². The van der Waals surface area contributed by atoms with E-state index in [1.54, 1.807) is 10.7 Å². The number of aromatic hydroxyl groups is 1. The van der Waals surface area contributed by atoms with Crippen molar-refractivity contribution in [3.05, 3.63) is 46.8 Å². The molecule has 4 aliphatic heterocycles. The standard InChI is InChI=1S/C22H28N4O2/c1-13-19(14(2)24(3)23-13)22(28)26-12-18(16-5-4-6-17(27)11-16)21-20(26)15-7-9-25(21)10-8-15/h4-6,11,15,18,20-21,27H,7-10,12H2,1-3H3/t18-,20+,21+/m1/s1. The van der Waals surface area contributed by atoms with Gasteiger partial charge in [0.1, 0.15) is 5.75 Å². The van der Waals surface area contributed by atoms with Gasteiger partial charge in [-0.3, -0.25) is 14.4 Å². The van der Waals surface area contributed by atoms with E-state index in [1.165, 1.54) is 12.8 Å². The predicted octanol–water partition coefficient (Wildman–Crippen LogP) is 2.44. The maximum absolute atomic E-state index is 13.7. The fourth-order valence-corrected chi connectivity index (χ4v) is 5.93. The van der Waals surface area contributed by atoms with Crippen LogP contribution < -0.4 is 0 Å². The average molecular weight is 380 g/mol. The summed E-state index contributed by atoms with van der Waals surface area (Å²) in [6.07, 6.45) is 2.34. The van der Waals surface area contributed by atoms with Gasteiger partial charge >= 0.3 is 0 Å². The molecule has 28 heavy (non-hydrogen) atoms. The van der Waals surface area contributed by atoms with Crippen molar-refractivity contribution in [2.75, 3.05) is 19.6 Å². The lowest BCUT2D eigenvalue weighted by Crippen LogP contribution is -2.60. The second-order valence-electron chi connectivity index (χ2n) is 8.68. The molecule has 1 aromatic heterocycles. The molecule has 148 valence electrons. The van der Waals surface area contributed by atoms with Crippen molar-refractivity contribution in [2.24, 2.45) is 13.0 Å². The van der Waals surface area contributed by atoms with Gasteiger partial charge in [-0.25, -0.2) is 0 Å². The summed E-state index contributed by atoms with van der Waals surface area (Å²) in [7, 11) is 1.90. The molecule has 4 fully saturated rings. The molecule has 4 saturated heterocycles. The molecule has 2 bridgehead atoms. The van der Waals surface area contributed by atoms with Crippen LogP contribution in [0.15, 0.2) is 24.3 Å². The third kappa shape index (κ3) is 2.50. The summed E-state index contributed by atoms with van der Waals surface area (Å²) in [4.78, 5) is 18.4. The van der Waals surface area contributed by atoms with Crippen LogP contribution in [0.1, 0.15) is 46.1 Å². The number of carbonyl (C=O) groups is 1. The Morgan fingerprint density at radius 3 is 2.57 bits per heavy atom. The van der Waals surface area contributed by atoms with Gasteiger partial charge in [-0.15, -0.1) is 0 Å². The number of benzene rings is 1. The van der Waals surface area contributed by atoms with Gasteiger partial charge in [-0.05, 0) is 63.4 Å². The third-order valence-corrected chi connectivity index (χ3v) is 7.28. The van der Waals surface area contributed by atoms with Crippen LogP contribution in [0.25, 0.3) is 0 Å². The zero-order valence-corrected chi connectivity index (χ0v) is 16.8. The smallest absolute Gasteiger partial charge is 0.257 e. The number of phenolic OH excluding ortho intramolecular Hbond substituents is 1. The van der Waals surface area contributed by atoms with E-state index in [9.17, 15) is 9.90 Å². The zero-order valence-electron chi connectivity index (χ0n) is 16.8. The van der Waals surface area contributed by atoms with Crippen LogP contribution in [0.5, 0.6) is 5.75 Å². The highest BCUT2D eigenvalue weighted by molar-refractivity contribution is 5.97. The van der Waals surface area contributed by atoms with Gasteiger partial charge in [0.25, 0.3) is 5.91 Å². The van der Waals surface area contributed by atoms with E-state index < -0.39 is 0 Å². The largest absolute Gasteiger partial charge is 0.508 e. The van der Waals surface area contributed by atoms with E-state index in [0.29, 0.717) is 24.3 Å². The minimum atomic E-state index is 0.120. The van der Waals surface area contributed by atoms with Crippen molar-refractivity contribution >= 4 is 5.91 Å². The molecule has 2 aromatic rings. The van der Waals surface area contributed by atoms with Crippen LogP contribution in [0.3, 0.4) is 0 Å². The Kier molecular flexibility index (Phi) is 4.02. The molecule has 0 saturated carbocycles. The van der Waals surface area contributed by atoms with Crippen LogP contribution in [0, 0.1) is 19.8 Å². The molecule has 0 spiro atoms. The normalized spacial score (nSPS) is 31.2. The molecule has 0 aliphatic carbocycles. The lowest BCUT2D eigenvalue weighted by atomic mass is 9.75. The van der Waals surface area contributed by atoms with Crippen LogP contribution in [0.2, 0.25) is 0 Å². The number of phenols is 1. The first-order valence-corrected chi connectivity index (χ1v) is 10.3. The summed E-state index contributed by atoms with van der Waals surface area (Å²) in [6, 6.07) is 8.20. The lowest BCUT2D eigenvalue weighted by molar-refractivity contribution is -0.00346. The number of nitrogens with zero attached hydrogens (tertiary/aromatic N) is 4. The molecule has 6 rings (SSSR count). The van der Waals surface area contributed by atoms with Crippen LogP contribution in [-0.4, -0.2) is 62.3 Å². The van der Waals surface area contributed by atoms with Crippen molar-refractivity contribution in [1.29, 1.82) is 0 Å². The fraction of sp³-hybridized carbons (Fsp3) is 0.545. The van der Waals surface area contributed by atoms with E-state index >= 15 is 0 Å². The molecular weight excluding hydrogens is 352 g/mol. The molecule has 4 aliphatic rings. The van der Waals surface area contributed by atoms with Crippen molar-refractivity contribution in [1.82, 2.24) is 19.6 Å². The molecular formula is C22H28N4O2. The van der Waals surface area contributed by atoms with Crippen molar-refractivity contribution in [3.63, 3.8) is 0 Å². The fourth-order valence-electron chi connectivity index (χ4n) is 5.93. The zero-order chi connectivity index (χ0) is 19.6. The monoisotopic (exact) mass is 380 g/mol. The molecule has 0 unspecified atom stereocenters. The highest BCUT2D eigenvalue weighted by Gasteiger charge is 2.55. The molecule has 6 nitrogen and oxygen atoms in total. The first kappa shape index (κ1) is 17.7. The molecule has 3 atom stereocenters. The Labute approximate surface area is 165 Å². The minimum absolute atomic E-state index is 0.120. The number of likely N-dealkylation sites (tertiary alicyclic amines) is 1. The van der Waals surface area contributed by atoms with E-state index in [0.717, 1.165) is 35.6 Å². The van der Waals surface area contributed by atoms with Crippen LogP contribution in [0.4, 0.5) is 0 Å². The Morgan fingerprint density at radius 1 is 1.18 bits per heavy atom. The summed E-state index contributed by atoms with van der Waals surface area (Å²) in [5.74, 6) is 1.23. The van der Waals surface area contributed by atoms with Crippen LogP contribution in [-0.2, 0) is 7.05 Å². The number of hydrogen-bond acceptors (Lipinski definition) is 4. The van der Waals surface area contributed by atoms with E-state index in [4.69, 9.17) is 0 Å². The number of rotatable bonds is 2. The average Bonchev–Trinajstić information content (AvgIpc) is 3.22. The highest BCUT2D eigenvalue weighted by atomic mass is 16.3. The molecule has 6 heteroatoms. The van der Waals surface area contributed by atoms with Gasteiger partial charge in [0.05, 0.1) is 17.3 Å². The van der Waals surface area contributed by atoms with Gasteiger partial charge in [0.2, 0.25) is 0 Å². The molecule has 1 amide bonds. The van der Waals surface area contributed by atoms with Crippen LogP contribution >= 0.6 is 0 Å². The van der Waals surface area contributed by atoms with Gasteiger partial charge in [0.15, 0.2) is 0 Å². The highest BCUT2D eigenvalue weighted by Crippen LogP contribution is 2.47. The third-order valence-electron chi connectivity index (χ3n) is 7.28. The van der Waals surface area contributed by atoms with Gasteiger partial charge in [-0.1, -0.05) is 12.1 Å². The predicted molar refractivity (Wildman–Crippen MR) is 106 cm³/mol. The molecule has 0 radical (unpaired) electrons. The first-order chi connectivity index (χ1) is 13.5. The SMILES string of the molecule is Cc1nn(C)c(C)c1C(=O)N1C[C@H](c2cccc(O)c2)[C@H]2[C@@H]1C1CCN2CC1. The molecule has 1 N–H and O–H groups in total. The van der Waals surface area contributed by atoms with Gasteiger partial charge in [0, 0.05) is 31.2 Å². The summed E-state index contributed by atoms with van der Waals surface area (Å²) in [5.41, 5.74) is 3.64. The van der Waals surface area contributed by atoms with Crippen molar-refractivity contribution in [2.45, 2.75) is 44.7 Å². The van der Waals surface area contributed by atoms with Crippen molar-refractivity contribution < 1.29 is 9.90 Å². The quantitative estimate of drug-likeness (QED) is 0.869. The second kappa shape index (κ2) is 6.34. The lowest BCUT2D eigenvalue weighted by Gasteiger charge is -2.51. The Hall–Kier alpha value is -2.34. The Balaban J connectivity index is 1.56. The molecule has 1 aromatic carbocycles. The Morgan fingerprint density at radius 2 is 1.93 bits per heavy atom. The maximum Gasteiger partial charge on any atom is 0.257 e. The molecule has 5 heterocycles. The summed E-state index contributed by atoms with van der Waals surface area (Å²) in [6.45, 7) is 6.85. The van der Waals surface area contributed by atoms with E-state index in [2.05, 4.69) is 21.0 Å². The summed E-state index contributed by atoms with van der Waals surface area (Å²) < 4.78 is 1.80. The van der Waals surface area contributed by atoms with Gasteiger partial charge in [-0.2, -0.15) is 5.10 Å². The number of carbonyl (C=O) groups excluding carboxylic acids is 1. The maximum atomic E-state index is 13.7. The van der Waals surface area contributed by atoms with E-state index in [-0.39, 0.29) is 17.9 Å². The topological polar surface area (TPSA) is 61.6 Å². The first-order valence-electron chi connectivity index (χ1n) is 10.3. The van der Waals surface area contributed by atoms with E-state index in [1.807, 2.05) is 33.0 Å². The van der Waals surface area contributed by atoms with Crippen molar-refractivity contribution in [3.8, 4) is 5.75 Å².